The average Bonchev–Trinajstić information content (AvgIpc) is 3.05. The molecule has 4 aromatic rings. The molecular weight excluding hydrogens is 601 g/mol. The summed E-state index contributed by atoms with van der Waals surface area (Å²) in [5.41, 5.74) is 5.29. The van der Waals surface area contributed by atoms with Crippen LogP contribution in [0.15, 0.2) is 124 Å². The van der Waals surface area contributed by atoms with E-state index in [4.69, 9.17) is 4.74 Å². The van der Waals surface area contributed by atoms with Crippen LogP contribution in [0.2, 0.25) is 0 Å². The van der Waals surface area contributed by atoms with Gasteiger partial charge in [0.25, 0.3) is 5.91 Å². The number of amides is 1. The first kappa shape index (κ1) is 31.1. The van der Waals surface area contributed by atoms with Crippen molar-refractivity contribution >= 4 is 32.2 Å². The van der Waals surface area contributed by atoms with E-state index >= 15 is 0 Å². The minimum atomic E-state index is -4.11. The standard InChI is InChI=1S/C32H32N4O6S2/c1-25-12-14-27(15-13-25)24-42-28-18-16-26(17-19-28)22-33-34-32(37)31-23-35(43(38,39)29-8-4-2-5-9-29)20-21-36(31)44(40,41)30-10-6-3-7-11-30/h2-19,22,31H,20-21,23-24H2,1H3,(H,34,37)/b33-22-/t31-/m1/s1. The number of ether oxygens (including phenoxy) is 1. The molecule has 12 heteroatoms. The Morgan fingerprint density at radius 1 is 0.818 bits per heavy atom. The van der Waals surface area contributed by atoms with Crippen molar-refractivity contribution in [2.75, 3.05) is 19.6 Å². The summed E-state index contributed by atoms with van der Waals surface area (Å²) in [6, 6.07) is 29.3. The predicted molar refractivity (Wildman–Crippen MR) is 167 cm³/mol. The lowest BCUT2D eigenvalue weighted by atomic mass is 10.2. The average molecular weight is 633 g/mol. The molecule has 1 amide bonds. The number of benzene rings is 4. The van der Waals surface area contributed by atoms with E-state index in [0.717, 1.165) is 14.2 Å². The maximum Gasteiger partial charge on any atom is 0.259 e. The summed E-state index contributed by atoms with van der Waals surface area (Å²) in [5.74, 6) is -0.0952. The first-order chi connectivity index (χ1) is 21.1. The van der Waals surface area contributed by atoms with Crippen molar-refractivity contribution < 1.29 is 26.4 Å². The molecule has 1 fully saturated rings. The van der Waals surface area contributed by atoms with E-state index in [-0.39, 0.29) is 29.4 Å². The van der Waals surface area contributed by atoms with E-state index < -0.39 is 32.0 Å². The molecule has 1 heterocycles. The zero-order valence-corrected chi connectivity index (χ0v) is 25.6. The topological polar surface area (TPSA) is 125 Å². The quantitative estimate of drug-likeness (QED) is 0.210. The number of nitrogens with one attached hydrogen (secondary N) is 1. The fourth-order valence-corrected chi connectivity index (χ4v) is 7.73. The maximum absolute atomic E-state index is 13.5. The van der Waals surface area contributed by atoms with Crippen LogP contribution in [0, 0.1) is 6.92 Å². The lowest BCUT2D eigenvalue weighted by Crippen LogP contribution is -2.60. The van der Waals surface area contributed by atoms with Gasteiger partial charge in [-0.3, -0.25) is 4.79 Å². The molecule has 1 atom stereocenters. The number of sulfonamides is 2. The first-order valence-corrected chi connectivity index (χ1v) is 16.8. The highest BCUT2D eigenvalue weighted by Crippen LogP contribution is 2.25. The van der Waals surface area contributed by atoms with Gasteiger partial charge in [-0.05, 0) is 66.6 Å². The fourth-order valence-electron chi connectivity index (χ4n) is 4.68. The molecule has 5 rings (SSSR count). The highest BCUT2D eigenvalue weighted by molar-refractivity contribution is 7.89. The van der Waals surface area contributed by atoms with Gasteiger partial charge in [-0.2, -0.15) is 13.7 Å². The van der Waals surface area contributed by atoms with Crippen molar-refractivity contribution in [1.29, 1.82) is 0 Å². The van der Waals surface area contributed by atoms with Gasteiger partial charge in [-0.15, -0.1) is 0 Å². The monoisotopic (exact) mass is 632 g/mol. The SMILES string of the molecule is Cc1ccc(COc2ccc(/C=N\NC(=O)[C@H]3CN(S(=O)(=O)c4ccccc4)CCN3S(=O)(=O)c3ccccc3)cc2)cc1. The second-order valence-electron chi connectivity index (χ2n) is 10.2. The molecule has 1 aliphatic rings. The Balaban J connectivity index is 1.29. The number of rotatable bonds is 10. The van der Waals surface area contributed by atoms with Crippen LogP contribution in [-0.4, -0.2) is 63.2 Å². The van der Waals surface area contributed by atoms with Gasteiger partial charge in [0.15, 0.2) is 0 Å². The molecule has 1 saturated heterocycles. The summed E-state index contributed by atoms with van der Waals surface area (Å²) in [5, 5.41) is 4.03. The summed E-state index contributed by atoms with van der Waals surface area (Å²) in [6.07, 6.45) is 1.42. The maximum atomic E-state index is 13.5. The number of nitrogens with zero attached hydrogens (tertiary/aromatic N) is 3. The van der Waals surface area contributed by atoms with Crippen molar-refractivity contribution in [2.24, 2.45) is 5.10 Å². The normalized spacial score (nSPS) is 16.5. The van der Waals surface area contributed by atoms with Gasteiger partial charge in [0.05, 0.1) is 16.0 Å². The second kappa shape index (κ2) is 13.5. The third-order valence-electron chi connectivity index (χ3n) is 7.12. The Kier molecular flexibility index (Phi) is 9.55. The molecule has 0 aromatic heterocycles. The molecule has 44 heavy (non-hydrogen) atoms. The number of hydrogen-bond acceptors (Lipinski definition) is 7. The van der Waals surface area contributed by atoms with Gasteiger partial charge < -0.3 is 4.74 Å². The number of carbonyl (C=O) groups excluding carboxylic acids is 1. The Hall–Kier alpha value is -4.36. The van der Waals surface area contributed by atoms with E-state index in [9.17, 15) is 21.6 Å². The third-order valence-corrected chi connectivity index (χ3v) is 10.9. The van der Waals surface area contributed by atoms with Crippen LogP contribution in [0.25, 0.3) is 0 Å². The zero-order chi connectivity index (χ0) is 31.2. The van der Waals surface area contributed by atoms with E-state index in [1.165, 1.54) is 36.0 Å². The van der Waals surface area contributed by atoms with Crippen LogP contribution in [-0.2, 0) is 31.4 Å². The lowest BCUT2D eigenvalue weighted by molar-refractivity contribution is -0.125. The van der Waals surface area contributed by atoms with Gasteiger partial charge >= 0.3 is 0 Å². The molecule has 0 unspecified atom stereocenters. The molecule has 1 N–H and O–H groups in total. The molecule has 0 saturated carbocycles. The van der Waals surface area contributed by atoms with Crippen molar-refractivity contribution in [2.45, 2.75) is 29.4 Å². The number of aryl methyl sites for hydroxylation is 1. The highest BCUT2D eigenvalue weighted by atomic mass is 32.2. The highest BCUT2D eigenvalue weighted by Gasteiger charge is 2.43. The van der Waals surface area contributed by atoms with Gasteiger partial charge in [0, 0.05) is 19.6 Å². The van der Waals surface area contributed by atoms with E-state index in [1.807, 2.05) is 31.2 Å². The summed E-state index contributed by atoms with van der Waals surface area (Å²) in [6.45, 7) is 1.74. The first-order valence-electron chi connectivity index (χ1n) is 13.9. The molecule has 1 aliphatic heterocycles. The van der Waals surface area contributed by atoms with Crippen molar-refractivity contribution in [1.82, 2.24) is 14.0 Å². The van der Waals surface area contributed by atoms with Crippen molar-refractivity contribution in [3.8, 4) is 5.75 Å². The van der Waals surface area contributed by atoms with Crippen molar-refractivity contribution in [3.05, 3.63) is 126 Å². The van der Waals surface area contributed by atoms with E-state index in [1.54, 1.807) is 60.7 Å². The van der Waals surface area contributed by atoms with Gasteiger partial charge in [-0.25, -0.2) is 22.3 Å². The molecular formula is C32H32N4O6S2. The van der Waals surface area contributed by atoms with Crippen LogP contribution in [0.3, 0.4) is 0 Å². The van der Waals surface area contributed by atoms with Crippen molar-refractivity contribution in [3.63, 3.8) is 0 Å². The van der Waals surface area contributed by atoms with Gasteiger partial charge in [0.2, 0.25) is 20.0 Å². The fraction of sp³-hybridized carbons (Fsp3) is 0.188. The van der Waals surface area contributed by atoms with Gasteiger partial charge in [0.1, 0.15) is 18.4 Å². The van der Waals surface area contributed by atoms with Gasteiger partial charge in [-0.1, -0.05) is 66.2 Å². The number of hydrazone groups is 1. The van der Waals surface area contributed by atoms with Crippen LogP contribution < -0.4 is 10.2 Å². The predicted octanol–water partition coefficient (Wildman–Crippen LogP) is 3.79. The Bertz CT molecular complexity index is 1820. The molecule has 228 valence electrons. The smallest absolute Gasteiger partial charge is 0.259 e. The summed E-state index contributed by atoms with van der Waals surface area (Å²) in [7, 11) is -8.09. The second-order valence-corrected chi connectivity index (χ2v) is 14.0. The number of hydrogen-bond donors (Lipinski definition) is 1. The Morgan fingerprint density at radius 2 is 1.41 bits per heavy atom. The molecule has 0 bridgehead atoms. The Morgan fingerprint density at radius 3 is 2.02 bits per heavy atom. The van der Waals surface area contributed by atoms with Crippen LogP contribution in [0.5, 0.6) is 5.75 Å². The minimum Gasteiger partial charge on any atom is -0.489 e. The van der Waals surface area contributed by atoms with Crippen LogP contribution >= 0.6 is 0 Å². The van der Waals surface area contributed by atoms with E-state index in [2.05, 4.69) is 10.5 Å². The third kappa shape index (κ3) is 7.22. The lowest BCUT2D eigenvalue weighted by Gasteiger charge is -2.38. The molecule has 0 aliphatic carbocycles. The molecule has 0 radical (unpaired) electrons. The largest absolute Gasteiger partial charge is 0.489 e. The summed E-state index contributed by atoms with van der Waals surface area (Å²) >= 11 is 0. The molecule has 4 aromatic carbocycles. The van der Waals surface area contributed by atoms with Crippen LogP contribution in [0.4, 0.5) is 0 Å². The van der Waals surface area contributed by atoms with Crippen LogP contribution in [0.1, 0.15) is 16.7 Å². The summed E-state index contributed by atoms with van der Waals surface area (Å²) < 4.78 is 61.7. The molecule has 10 nitrogen and oxygen atoms in total. The summed E-state index contributed by atoms with van der Waals surface area (Å²) in [4.78, 5) is 13.5. The zero-order valence-electron chi connectivity index (χ0n) is 24.0. The molecule has 0 spiro atoms. The minimum absolute atomic E-state index is 0.00496. The van der Waals surface area contributed by atoms with E-state index in [0.29, 0.717) is 17.9 Å². The number of carbonyl (C=O) groups is 1. The Labute approximate surface area is 257 Å². The number of piperazine rings is 1.